The summed E-state index contributed by atoms with van der Waals surface area (Å²) in [6, 6.07) is 7.01. The van der Waals surface area contributed by atoms with Gasteiger partial charge in [-0.2, -0.15) is 0 Å². The molecular formula is C14H18N2O2. The third-order valence-corrected chi connectivity index (χ3v) is 4.30. The van der Waals surface area contributed by atoms with E-state index in [2.05, 4.69) is 0 Å². The lowest BCUT2D eigenvalue weighted by molar-refractivity contribution is 0.139. The van der Waals surface area contributed by atoms with Crippen LogP contribution in [0.4, 0.5) is 10.5 Å². The summed E-state index contributed by atoms with van der Waals surface area (Å²) >= 11 is 0. The van der Waals surface area contributed by atoms with Gasteiger partial charge in [0, 0.05) is 19.3 Å². The monoisotopic (exact) mass is 246 g/mol. The van der Waals surface area contributed by atoms with Crippen molar-refractivity contribution >= 4 is 11.7 Å². The van der Waals surface area contributed by atoms with Crippen LogP contribution in [0, 0.1) is 0 Å². The topological polar surface area (TPSA) is 43.8 Å². The van der Waals surface area contributed by atoms with Gasteiger partial charge in [0.2, 0.25) is 0 Å². The summed E-state index contributed by atoms with van der Waals surface area (Å²) in [5, 5.41) is 9.36. The first-order valence-electron chi connectivity index (χ1n) is 6.47. The van der Waals surface area contributed by atoms with Gasteiger partial charge in [-0.3, -0.25) is 4.90 Å². The predicted molar refractivity (Wildman–Crippen MR) is 69.8 cm³/mol. The smallest absolute Gasteiger partial charge is 0.324 e. The molecule has 0 radical (unpaired) electrons. The van der Waals surface area contributed by atoms with Crippen molar-refractivity contribution in [1.82, 2.24) is 4.90 Å². The highest BCUT2D eigenvalue weighted by molar-refractivity contribution is 5.94. The van der Waals surface area contributed by atoms with Crippen LogP contribution in [-0.2, 0) is 0 Å². The Kier molecular flexibility index (Phi) is 2.47. The van der Waals surface area contributed by atoms with Crippen LogP contribution in [0.15, 0.2) is 24.3 Å². The van der Waals surface area contributed by atoms with Crippen molar-refractivity contribution in [2.45, 2.75) is 31.2 Å². The molecule has 2 amide bonds. The van der Waals surface area contributed by atoms with E-state index in [1.54, 1.807) is 17.0 Å². The van der Waals surface area contributed by atoms with Crippen molar-refractivity contribution in [3.8, 4) is 5.75 Å². The number of urea groups is 1. The van der Waals surface area contributed by atoms with E-state index >= 15 is 0 Å². The molecule has 1 heterocycles. The Hall–Kier alpha value is -1.71. The van der Waals surface area contributed by atoms with E-state index in [1.165, 1.54) is 6.42 Å². The zero-order valence-electron chi connectivity index (χ0n) is 10.6. The molecule has 3 rings (SSSR count). The molecule has 1 aromatic carbocycles. The Morgan fingerprint density at radius 1 is 1.17 bits per heavy atom. The van der Waals surface area contributed by atoms with Crippen LogP contribution in [0.2, 0.25) is 0 Å². The molecule has 0 bridgehead atoms. The normalized spacial score (nSPS) is 22.2. The largest absolute Gasteiger partial charge is 0.508 e. The van der Waals surface area contributed by atoms with Crippen molar-refractivity contribution in [1.29, 1.82) is 0 Å². The quantitative estimate of drug-likeness (QED) is 0.827. The summed E-state index contributed by atoms with van der Waals surface area (Å²) in [5.74, 6) is 0.235. The standard InChI is InChI=1S/C14H18N2O2/c1-15-10-9-14(7-2-8-14)16(13(15)18)11-3-5-12(17)6-4-11/h3-6,17H,2,7-10H2,1H3. The molecule has 0 atom stereocenters. The lowest BCUT2D eigenvalue weighted by Crippen LogP contribution is -2.64. The van der Waals surface area contributed by atoms with E-state index in [0.29, 0.717) is 0 Å². The first-order chi connectivity index (χ1) is 8.62. The van der Waals surface area contributed by atoms with Crippen molar-refractivity contribution in [2.75, 3.05) is 18.5 Å². The number of phenolic OH excluding ortho intramolecular Hbond substituents is 1. The Morgan fingerprint density at radius 2 is 1.83 bits per heavy atom. The van der Waals surface area contributed by atoms with Gasteiger partial charge in [-0.1, -0.05) is 0 Å². The lowest BCUT2D eigenvalue weighted by Gasteiger charge is -2.54. The maximum atomic E-state index is 12.4. The zero-order chi connectivity index (χ0) is 12.8. The molecule has 1 aliphatic heterocycles. The molecule has 0 unspecified atom stereocenters. The second-order valence-electron chi connectivity index (χ2n) is 5.38. The molecule has 1 aliphatic carbocycles. The van der Waals surface area contributed by atoms with Crippen LogP contribution < -0.4 is 4.90 Å². The number of hydrogen-bond acceptors (Lipinski definition) is 2. The first-order valence-corrected chi connectivity index (χ1v) is 6.47. The van der Waals surface area contributed by atoms with E-state index in [1.807, 2.05) is 24.1 Å². The van der Waals surface area contributed by atoms with Gasteiger partial charge in [0.05, 0.1) is 5.54 Å². The van der Waals surface area contributed by atoms with Crippen LogP contribution in [0.3, 0.4) is 0 Å². The molecule has 1 N–H and O–H groups in total. The summed E-state index contributed by atoms with van der Waals surface area (Å²) in [7, 11) is 1.85. The third-order valence-electron chi connectivity index (χ3n) is 4.30. The van der Waals surface area contributed by atoms with Crippen molar-refractivity contribution in [3.63, 3.8) is 0 Å². The number of carbonyl (C=O) groups excluding carboxylic acids is 1. The average Bonchev–Trinajstić information content (AvgIpc) is 2.32. The Labute approximate surface area is 107 Å². The van der Waals surface area contributed by atoms with Crippen LogP contribution in [0.5, 0.6) is 5.75 Å². The maximum absolute atomic E-state index is 12.4. The highest BCUT2D eigenvalue weighted by Gasteiger charge is 2.49. The highest BCUT2D eigenvalue weighted by Crippen LogP contribution is 2.45. The van der Waals surface area contributed by atoms with Gasteiger partial charge in [0.15, 0.2) is 0 Å². The van der Waals surface area contributed by atoms with Crippen LogP contribution in [-0.4, -0.2) is 35.2 Å². The molecule has 2 fully saturated rings. The summed E-state index contributed by atoms with van der Waals surface area (Å²) in [4.78, 5) is 16.1. The highest BCUT2D eigenvalue weighted by atomic mass is 16.3. The zero-order valence-corrected chi connectivity index (χ0v) is 10.6. The second kappa shape index (κ2) is 3.90. The number of aromatic hydroxyl groups is 1. The van der Waals surface area contributed by atoms with E-state index < -0.39 is 0 Å². The maximum Gasteiger partial charge on any atom is 0.324 e. The van der Waals surface area contributed by atoms with E-state index in [0.717, 1.165) is 31.5 Å². The fourth-order valence-corrected chi connectivity index (χ4v) is 3.00. The molecule has 1 spiro atoms. The van der Waals surface area contributed by atoms with Gasteiger partial charge in [-0.15, -0.1) is 0 Å². The summed E-state index contributed by atoms with van der Waals surface area (Å²) in [6.07, 6.45) is 4.42. The Balaban J connectivity index is 1.99. The molecule has 18 heavy (non-hydrogen) atoms. The van der Waals surface area contributed by atoms with Crippen molar-refractivity contribution in [3.05, 3.63) is 24.3 Å². The fourth-order valence-electron chi connectivity index (χ4n) is 3.00. The number of anilines is 1. The van der Waals surface area contributed by atoms with Gasteiger partial charge in [0.1, 0.15) is 5.75 Å². The number of rotatable bonds is 1. The molecule has 1 aromatic rings. The molecule has 4 nitrogen and oxygen atoms in total. The minimum Gasteiger partial charge on any atom is -0.508 e. The number of hydrogen-bond donors (Lipinski definition) is 1. The van der Waals surface area contributed by atoms with Crippen LogP contribution in [0.1, 0.15) is 25.7 Å². The molecule has 2 aliphatic rings. The summed E-state index contributed by atoms with van der Waals surface area (Å²) in [5.41, 5.74) is 0.921. The van der Waals surface area contributed by atoms with Gasteiger partial charge in [-0.05, 0) is 49.9 Å². The fraction of sp³-hybridized carbons (Fsp3) is 0.500. The van der Waals surface area contributed by atoms with Crippen LogP contribution >= 0.6 is 0 Å². The average molecular weight is 246 g/mol. The van der Waals surface area contributed by atoms with Gasteiger partial charge < -0.3 is 10.0 Å². The summed E-state index contributed by atoms with van der Waals surface area (Å²) in [6.45, 7) is 0.841. The first kappa shape index (κ1) is 11.4. The van der Waals surface area contributed by atoms with Gasteiger partial charge in [0.25, 0.3) is 0 Å². The number of nitrogens with zero attached hydrogens (tertiary/aromatic N) is 2. The molecule has 96 valence electrons. The molecule has 0 aromatic heterocycles. The van der Waals surface area contributed by atoms with Gasteiger partial charge in [-0.25, -0.2) is 4.79 Å². The number of amides is 2. The summed E-state index contributed by atoms with van der Waals surface area (Å²) < 4.78 is 0. The molecule has 1 saturated heterocycles. The SMILES string of the molecule is CN1CCC2(CCC2)N(c2ccc(O)cc2)C1=O. The van der Waals surface area contributed by atoms with E-state index in [9.17, 15) is 9.90 Å². The minimum absolute atomic E-state index is 0.0283. The number of phenols is 1. The number of benzene rings is 1. The van der Waals surface area contributed by atoms with Gasteiger partial charge >= 0.3 is 6.03 Å². The number of carbonyl (C=O) groups is 1. The lowest BCUT2D eigenvalue weighted by atomic mass is 9.71. The van der Waals surface area contributed by atoms with E-state index in [4.69, 9.17) is 0 Å². The third kappa shape index (κ3) is 1.55. The molecule has 4 heteroatoms. The Morgan fingerprint density at radius 3 is 2.39 bits per heavy atom. The van der Waals surface area contributed by atoms with Crippen molar-refractivity contribution in [2.24, 2.45) is 0 Å². The molecular weight excluding hydrogens is 228 g/mol. The Bertz CT molecular complexity index is 465. The minimum atomic E-state index is 0.0283. The van der Waals surface area contributed by atoms with Crippen molar-refractivity contribution < 1.29 is 9.90 Å². The van der Waals surface area contributed by atoms with Crippen LogP contribution in [0.25, 0.3) is 0 Å². The molecule has 1 saturated carbocycles. The van der Waals surface area contributed by atoms with E-state index in [-0.39, 0.29) is 17.3 Å². The predicted octanol–water partition coefficient (Wildman–Crippen LogP) is 2.58. The second-order valence-corrected chi connectivity index (χ2v) is 5.38.